The number of nitrogens with zero attached hydrogens (tertiary/aromatic N) is 1. The van der Waals surface area contributed by atoms with Crippen LogP contribution in [-0.4, -0.2) is 61.7 Å². The summed E-state index contributed by atoms with van der Waals surface area (Å²) in [6.07, 6.45) is -0.337. The number of hydrogen-bond acceptors (Lipinski definition) is 5. The third-order valence-electron chi connectivity index (χ3n) is 2.59. The number of esters is 1. The largest absolute Gasteiger partial charge is 0.467 e. The Balaban J connectivity index is 2.93. The first-order valence-electron chi connectivity index (χ1n) is 4.53. The van der Waals surface area contributed by atoms with Gasteiger partial charge in [0.15, 0.2) is 9.84 Å². The lowest BCUT2D eigenvalue weighted by molar-refractivity contribution is -0.145. The summed E-state index contributed by atoms with van der Waals surface area (Å²) >= 11 is 0. The van der Waals surface area contributed by atoms with Crippen molar-refractivity contribution in [2.24, 2.45) is 0 Å². The molecule has 0 spiro atoms. The standard InChI is InChI=1S/C8H13NO6S/c1-15-7(10)6-3-5(16(2,13)14)4-9(6)8(11)12/h5-6H,3-4H2,1-2H3,(H,11,12)/t5-,6+/m1/s1. The molecule has 2 atom stereocenters. The molecule has 1 rings (SSSR count). The van der Waals surface area contributed by atoms with Crippen LogP contribution < -0.4 is 0 Å². The summed E-state index contributed by atoms with van der Waals surface area (Å²) in [7, 11) is -2.22. The highest BCUT2D eigenvalue weighted by Gasteiger charge is 2.44. The lowest BCUT2D eigenvalue weighted by Gasteiger charge is -2.18. The van der Waals surface area contributed by atoms with Gasteiger partial charge in [0, 0.05) is 12.8 Å². The first-order valence-corrected chi connectivity index (χ1v) is 6.49. The van der Waals surface area contributed by atoms with Crippen molar-refractivity contribution in [2.45, 2.75) is 17.7 Å². The van der Waals surface area contributed by atoms with Crippen LogP contribution in [0.4, 0.5) is 4.79 Å². The molecule has 1 fully saturated rings. The van der Waals surface area contributed by atoms with Crippen LogP contribution in [-0.2, 0) is 19.4 Å². The number of methoxy groups -OCH3 is 1. The van der Waals surface area contributed by atoms with Crippen molar-refractivity contribution in [3.63, 3.8) is 0 Å². The van der Waals surface area contributed by atoms with Gasteiger partial charge in [-0.3, -0.25) is 4.90 Å². The normalized spacial score (nSPS) is 25.5. The monoisotopic (exact) mass is 251 g/mol. The highest BCUT2D eigenvalue weighted by molar-refractivity contribution is 7.91. The fourth-order valence-corrected chi connectivity index (χ4v) is 2.64. The molecule has 0 radical (unpaired) electrons. The van der Waals surface area contributed by atoms with Crippen LogP contribution in [0, 0.1) is 0 Å². The SMILES string of the molecule is COC(=O)[C@@H]1C[C@@H](S(C)(=O)=O)CN1C(=O)O. The van der Waals surface area contributed by atoms with Crippen molar-refractivity contribution in [1.29, 1.82) is 0 Å². The second-order valence-corrected chi connectivity index (χ2v) is 5.99. The van der Waals surface area contributed by atoms with E-state index in [1.54, 1.807) is 0 Å². The summed E-state index contributed by atoms with van der Waals surface area (Å²) < 4.78 is 27.0. The number of likely N-dealkylation sites (tertiary alicyclic amines) is 1. The summed E-state index contributed by atoms with van der Waals surface area (Å²) in [5.74, 6) is -0.728. The second kappa shape index (κ2) is 4.28. The zero-order valence-corrected chi connectivity index (χ0v) is 9.73. The maximum atomic E-state index is 11.3. The summed E-state index contributed by atoms with van der Waals surface area (Å²) in [6.45, 7) is -0.187. The second-order valence-electron chi connectivity index (χ2n) is 3.66. The Labute approximate surface area is 92.9 Å². The van der Waals surface area contributed by atoms with Crippen LogP contribution in [0.1, 0.15) is 6.42 Å². The fraction of sp³-hybridized carbons (Fsp3) is 0.750. The summed E-state index contributed by atoms with van der Waals surface area (Å²) in [6, 6.07) is -1.03. The number of carboxylic acid groups (broad SMARTS) is 1. The van der Waals surface area contributed by atoms with Crippen molar-refractivity contribution < 1.29 is 27.9 Å². The van der Waals surface area contributed by atoms with Crippen LogP contribution >= 0.6 is 0 Å². The first-order chi connectivity index (χ1) is 7.27. The molecule has 16 heavy (non-hydrogen) atoms. The molecule has 1 heterocycles. The predicted octanol–water partition coefficient (Wildman–Crippen LogP) is -0.675. The van der Waals surface area contributed by atoms with Crippen LogP contribution in [0.3, 0.4) is 0 Å². The molecule has 0 aromatic carbocycles. The van der Waals surface area contributed by atoms with Gasteiger partial charge in [0.05, 0.1) is 12.4 Å². The molecule has 1 aliphatic heterocycles. The molecule has 0 bridgehead atoms. The van der Waals surface area contributed by atoms with Gasteiger partial charge in [-0.25, -0.2) is 18.0 Å². The maximum Gasteiger partial charge on any atom is 0.408 e. The summed E-state index contributed by atoms with van der Waals surface area (Å²) in [5, 5.41) is 7.99. The minimum atomic E-state index is -3.36. The van der Waals surface area contributed by atoms with Crippen molar-refractivity contribution in [3.8, 4) is 0 Å². The van der Waals surface area contributed by atoms with E-state index in [0.29, 0.717) is 0 Å². The minimum Gasteiger partial charge on any atom is -0.467 e. The number of amides is 1. The molecule has 0 saturated carbocycles. The third kappa shape index (κ3) is 2.43. The number of carbonyl (C=O) groups excluding carboxylic acids is 1. The fourth-order valence-electron chi connectivity index (χ4n) is 1.68. The molecule has 1 N–H and O–H groups in total. The van der Waals surface area contributed by atoms with E-state index in [1.807, 2.05) is 0 Å². The first kappa shape index (κ1) is 12.8. The molecule has 0 aromatic heterocycles. The van der Waals surface area contributed by atoms with Crippen LogP contribution in [0.15, 0.2) is 0 Å². The Kier molecular flexibility index (Phi) is 3.41. The quantitative estimate of drug-likeness (QED) is 0.653. The Bertz CT molecular complexity index is 403. The Morgan fingerprint density at radius 2 is 2.00 bits per heavy atom. The summed E-state index contributed by atoms with van der Waals surface area (Å²) in [4.78, 5) is 22.9. The number of sulfone groups is 1. The van der Waals surface area contributed by atoms with Gasteiger partial charge in [0.2, 0.25) is 0 Å². The lowest BCUT2D eigenvalue weighted by atomic mass is 10.2. The van der Waals surface area contributed by atoms with Gasteiger partial charge in [0.25, 0.3) is 0 Å². The van der Waals surface area contributed by atoms with Gasteiger partial charge in [-0.2, -0.15) is 0 Å². The third-order valence-corrected chi connectivity index (χ3v) is 4.14. The van der Waals surface area contributed by atoms with Gasteiger partial charge in [-0.15, -0.1) is 0 Å². The van der Waals surface area contributed by atoms with E-state index >= 15 is 0 Å². The average Bonchev–Trinajstić information content (AvgIpc) is 2.60. The smallest absolute Gasteiger partial charge is 0.408 e. The van der Waals surface area contributed by atoms with E-state index < -0.39 is 33.2 Å². The predicted molar refractivity (Wildman–Crippen MR) is 53.8 cm³/mol. The molecule has 8 heteroatoms. The number of rotatable bonds is 2. The van der Waals surface area contributed by atoms with Gasteiger partial charge in [-0.1, -0.05) is 0 Å². The number of ether oxygens (including phenoxy) is 1. The van der Waals surface area contributed by atoms with E-state index in [2.05, 4.69) is 4.74 Å². The molecule has 0 unspecified atom stereocenters. The molecule has 1 amide bonds. The van der Waals surface area contributed by atoms with Crippen molar-refractivity contribution in [1.82, 2.24) is 4.90 Å². The zero-order chi connectivity index (χ0) is 12.5. The van der Waals surface area contributed by atoms with E-state index in [-0.39, 0.29) is 13.0 Å². The molecular formula is C8H13NO6S. The van der Waals surface area contributed by atoms with Crippen molar-refractivity contribution in [3.05, 3.63) is 0 Å². The van der Waals surface area contributed by atoms with Crippen LogP contribution in [0.2, 0.25) is 0 Å². The topological polar surface area (TPSA) is 101 Å². The number of carbonyl (C=O) groups is 2. The molecule has 0 aliphatic carbocycles. The van der Waals surface area contributed by atoms with Crippen molar-refractivity contribution in [2.75, 3.05) is 19.9 Å². The maximum absolute atomic E-state index is 11.3. The highest BCUT2D eigenvalue weighted by Crippen LogP contribution is 2.23. The molecule has 92 valence electrons. The van der Waals surface area contributed by atoms with Gasteiger partial charge in [0.1, 0.15) is 6.04 Å². The summed E-state index contributed by atoms with van der Waals surface area (Å²) in [5.41, 5.74) is 0. The van der Waals surface area contributed by atoms with Crippen molar-refractivity contribution >= 4 is 21.9 Å². The van der Waals surface area contributed by atoms with E-state index in [9.17, 15) is 18.0 Å². The van der Waals surface area contributed by atoms with Gasteiger partial charge in [-0.05, 0) is 6.42 Å². The van der Waals surface area contributed by atoms with Gasteiger partial charge >= 0.3 is 12.1 Å². The van der Waals surface area contributed by atoms with E-state index in [4.69, 9.17) is 5.11 Å². The molecule has 1 saturated heterocycles. The van der Waals surface area contributed by atoms with Gasteiger partial charge < -0.3 is 9.84 Å². The van der Waals surface area contributed by atoms with Crippen LogP contribution in [0.5, 0.6) is 0 Å². The van der Waals surface area contributed by atoms with E-state index in [1.165, 1.54) is 0 Å². The number of hydrogen-bond donors (Lipinski definition) is 1. The average molecular weight is 251 g/mol. The molecule has 0 aromatic rings. The Morgan fingerprint density at radius 3 is 2.38 bits per heavy atom. The Hall–Kier alpha value is -1.31. The molecule has 7 nitrogen and oxygen atoms in total. The molecule has 1 aliphatic rings. The lowest BCUT2D eigenvalue weighted by Crippen LogP contribution is -2.40. The minimum absolute atomic E-state index is 0.0438. The molecular weight excluding hydrogens is 238 g/mol. The van der Waals surface area contributed by atoms with Crippen LogP contribution in [0.25, 0.3) is 0 Å². The highest BCUT2D eigenvalue weighted by atomic mass is 32.2. The Morgan fingerprint density at radius 1 is 1.44 bits per heavy atom. The zero-order valence-electron chi connectivity index (χ0n) is 8.91. The van der Waals surface area contributed by atoms with E-state index in [0.717, 1.165) is 18.3 Å².